The SMILES string of the molecule is CC(COP(C(C)C)C(C)C)COP(C(C)C)C(C)C. The molecule has 0 amide bonds. The molecule has 0 fully saturated rings. The molecule has 0 rings (SSSR count). The van der Waals surface area contributed by atoms with Crippen LogP contribution in [0.25, 0.3) is 0 Å². The zero-order valence-electron chi connectivity index (χ0n) is 15.0. The molecule has 20 heavy (non-hydrogen) atoms. The van der Waals surface area contributed by atoms with Crippen LogP contribution in [0.15, 0.2) is 0 Å². The molecule has 0 radical (unpaired) electrons. The van der Waals surface area contributed by atoms with E-state index in [2.05, 4.69) is 62.3 Å². The van der Waals surface area contributed by atoms with Gasteiger partial charge < -0.3 is 9.05 Å². The van der Waals surface area contributed by atoms with Crippen molar-refractivity contribution >= 4 is 16.3 Å². The number of rotatable bonds is 10. The summed E-state index contributed by atoms with van der Waals surface area (Å²) < 4.78 is 12.3. The molecule has 2 nitrogen and oxygen atoms in total. The quantitative estimate of drug-likeness (QED) is 0.454. The standard InChI is InChI=1S/C16H36O2P2/c1-12(2)19(13(3)4)17-10-16(9)11-18-20(14(5)6)15(7)8/h12-16H,10-11H2,1-9H3. The average molecular weight is 322 g/mol. The summed E-state index contributed by atoms with van der Waals surface area (Å²) in [5.74, 6) is 0.486. The maximum Gasteiger partial charge on any atom is 0.0556 e. The van der Waals surface area contributed by atoms with Gasteiger partial charge in [0.1, 0.15) is 0 Å². The van der Waals surface area contributed by atoms with Crippen LogP contribution in [-0.4, -0.2) is 35.8 Å². The molecule has 0 N–H and O–H groups in total. The zero-order valence-corrected chi connectivity index (χ0v) is 16.8. The minimum absolute atomic E-state index is 0.312. The molecule has 0 spiro atoms. The van der Waals surface area contributed by atoms with Gasteiger partial charge in [0.15, 0.2) is 0 Å². The monoisotopic (exact) mass is 322 g/mol. The van der Waals surface area contributed by atoms with Crippen molar-refractivity contribution in [2.75, 3.05) is 13.2 Å². The van der Waals surface area contributed by atoms with Crippen molar-refractivity contribution in [3.63, 3.8) is 0 Å². The molecule has 0 aromatic rings. The highest BCUT2D eigenvalue weighted by Crippen LogP contribution is 2.48. The summed E-state index contributed by atoms with van der Waals surface area (Å²) in [5, 5.41) is 0. The average Bonchev–Trinajstić information content (AvgIpc) is 2.27. The molecule has 0 bridgehead atoms. The molecule has 0 aliphatic carbocycles. The van der Waals surface area contributed by atoms with E-state index in [4.69, 9.17) is 9.05 Å². The largest absolute Gasteiger partial charge is 0.358 e. The van der Waals surface area contributed by atoms with Crippen molar-refractivity contribution in [3.05, 3.63) is 0 Å². The van der Waals surface area contributed by atoms with Crippen molar-refractivity contribution in [1.29, 1.82) is 0 Å². The lowest BCUT2D eigenvalue weighted by molar-refractivity contribution is 0.206. The summed E-state index contributed by atoms with van der Waals surface area (Å²) >= 11 is 0. The van der Waals surface area contributed by atoms with Crippen LogP contribution >= 0.6 is 16.3 Å². The van der Waals surface area contributed by atoms with Crippen LogP contribution in [0, 0.1) is 5.92 Å². The van der Waals surface area contributed by atoms with Crippen LogP contribution in [0.4, 0.5) is 0 Å². The molecule has 0 aromatic carbocycles. The van der Waals surface area contributed by atoms with E-state index < -0.39 is 0 Å². The van der Waals surface area contributed by atoms with Gasteiger partial charge in [0.25, 0.3) is 0 Å². The number of hydrogen-bond donors (Lipinski definition) is 0. The van der Waals surface area contributed by atoms with E-state index in [-0.39, 0.29) is 16.3 Å². The summed E-state index contributed by atoms with van der Waals surface area (Å²) in [6, 6.07) is 0. The Morgan fingerprint density at radius 2 is 0.800 bits per heavy atom. The first kappa shape index (κ1) is 20.8. The first-order valence-corrected chi connectivity index (χ1v) is 10.8. The molecule has 4 heteroatoms. The second-order valence-corrected chi connectivity index (χ2v) is 12.9. The van der Waals surface area contributed by atoms with Crippen molar-refractivity contribution < 1.29 is 9.05 Å². The third kappa shape index (κ3) is 8.28. The Kier molecular flexibility index (Phi) is 10.9. The predicted molar refractivity (Wildman–Crippen MR) is 95.5 cm³/mol. The second-order valence-electron chi connectivity index (χ2n) is 6.79. The first-order chi connectivity index (χ1) is 9.16. The van der Waals surface area contributed by atoms with E-state index in [0.29, 0.717) is 28.6 Å². The maximum atomic E-state index is 6.17. The topological polar surface area (TPSA) is 18.5 Å². The lowest BCUT2D eigenvalue weighted by Crippen LogP contribution is -2.16. The molecular weight excluding hydrogens is 286 g/mol. The van der Waals surface area contributed by atoms with Crippen LogP contribution in [0.3, 0.4) is 0 Å². The predicted octanol–water partition coefficient (Wildman–Crippen LogP) is 6.08. The third-order valence-corrected chi connectivity index (χ3v) is 8.02. The van der Waals surface area contributed by atoms with Gasteiger partial charge in [0.05, 0.1) is 13.2 Å². The van der Waals surface area contributed by atoms with E-state index in [0.717, 1.165) is 13.2 Å². The Bertz CT molecular complexity index is 203. The maximum absolute atomic E-state index is 6.17. The highest BCUT2D eigenvalue weighted by atomic mass is 31.1. The first-order valence-electron chi connectivity index (χ1n) is 7.99. The molecule has 0 heterocycles. The van der Waals surface area contributed by atoms with Gasteiger partial charge in [-0.25, -0.2) is 0 Å². The Morgan fingerprint density at radius 3 is 1.00 bits per heavy atom. The van der Waals surface area contributed by atoms with E-state index in [1.165, 1.54) is 0 Å². The molecular formula is C16H36O2P2. The Hall–Kier alpha value is 0.780. The van der Waals surface area contributed by atoms with E-state index >= 15 is 0 Å². The van der Waals surface area contributed by atoms with Gasteiger partial charge in [-0.1, -0.05) is 62.3 Å². The molecule has 0 saturated heterocycles. The van der Waals surface area contributed by atoms with Gasteiger partial charge in [-0.15, -0.1) is 0 Å². The van der Waals surface area contributed by atoms with Gasteiger partial charge in [-0.2, -0.15) is 0 Å². The minimum Gasteiger partial charge on any atom is -0.358 e. The smallest absolute Gasteiger partial charge is 0.0556 e. The number of hydrogen-bond acceptors (Lipinski definition) is 2. The summed E-state index contributed by atoms with van der Waals surface area (Å²) in [4.78, 5) is 0. The third-order valence-electron chi connectivity index (χ3n) is 3.05. The fourth-order valence-electron chi connectivity index (χ4n) is 2.26. The van der Waals surface area contributed by atoms with Gasteiger partial charge in [0, 0.05) is 22.2 Å². The fourth-order valence-corrected chi connectivity index (χ4v) is 6.69. The summed E-state index contributed by atoms with van der Waals surface area (Å²) in [6.45, 7) is 22.0. The zero-order chi connectivity index (χ0) is 15.9. The molecule has 0 atom stereocenters. The molecule has 0 unspecified atom stereocenters. The van der Waals surface area contributed by atoms with Crippen LogP contribution in [-0.2, 0) is 9.05 Å². The van der Waals surface area contributed by atoms with Crippen molar-refractivity contribution in [3.8, 4) is 0 Å². The minimum atomic E-state index is -0.312. The Morgan fingerprint density at radius 1 is 0.550 bits per heavy atom. The van der Waals surface area contributed by atoms with E-state index in [1.54, 1.807) is 0 Å². The van der Waals surface area contributed by atoms with Crippen molar-refractivity contribution in [1.82, 2.24) is 0 Å². The molecule has 122 valence electrons. The lowest BCUT2D eigenvalue weighted by Gasteiger charge is -2.29. The van der Waals surface area contributed by atoms with Gasteiger partial charge in [-0.05, 0) is 22.6 Å². The Labute approximate surface area is 130 Å². The van der Waals surface area contributed by atoms with Gasteiger partial charge >= 0.3 is 0 Å². The molecule has 0 aliphatic heterocycles. The summed E-state index contributed by atoms with van der Waals surface area (Å²) in [6.07, 6.45) is 0. The summed E-state index contributed by atoms with van der Waals surface area (Å²) in [5.41, 5.74) is 2.56. The van der Waals surface area contributed by atoms with Crippen LogP contribution in [0.2, 0.25) is 0 Å². The highest BCUT2D eigenvalue weighted by molar-refractivity contribution is 7.54. The molecule has 0 aliphatic rings. The molecule has 0 saturated carbocycles. The highest BCUT2D eigenvalue weighted by Gasteiger charge is 2.21. The second kappa shape index (κ2) is 10.5. The molecule has 0 aromatic heterocycles. The summed E-state index contributed by atoms with van der Waals surface area (Å²) in [7, 11) is -0.625. The fraction of sp³-hybridized carbons (Fsp3) is 1.00. The van der Waals surface area contributed by atoms with Crippen molar-refractivity contribution in [2.45, 2.75) is 84.9 Å². The Balaban J connectivity index is 4.13. The van der Waals surface area contributed by atoms with Crippen LogP contribution in [0.1, 0.15) is 62.3 Å². The normalized spacial score (nSPS) is 13.2. The van der Waals surface area contributed by atoms with E-state index in [9.17, 15) is 0 Å². The van der Waals surface area contributed by atoms with E-state index in [1.807, 2.05) is 0 Å². The lowest BCUT2D eigenvalue weighted by atomic mass is 10.2. The van der Waals surface area contributed by atoms with Gasteiger partial charge in [0.2, 0.25) is 0 Å². The van der Waals surface area contributed by atoms with Crippen LogP contribution < -0.4 is 0 Å². The van der Waals surface area contributed by atoms with Gasteiger partial charge in [-0.3, -0.25) is 0 Å². The van der Waals surface area contributed by atoms with Crippen molar-refractivity contribution in [2.24, 2.45) is 5.92 Å². The van der Waals surface area contributed by atoms with Crippen LogP contribution in [0.5, 0.6) is 0 Å².